The van der Waals surface area contributed by atoms with Gasteiger partial charge in [-0.15, -0.1) is 0 Å². The Kier molecular flexibility index (Phi) is 1.35. The van der Waals surface area contributed by atoms with Crippen LogP contribution in [0.5, 0.6) is 0 Å². The fourth-order valence-corrected chi connectivity index (χ4v) is 1.20. The minimum atomic E-state index is -1.79. The van der Waals surface area contributed by atoms with E-state index in [1.807, 2.05) is 5.32 Å². The second-order valence-corrected chi connectivity index (χ2v) is 2.74. The van der Waals surface area contributed by atoms with Crippen LogP contribution in [0.3, 0.4) is 0 Å². The normalized spacial score (nSPS) is 32.9. The molecule has 3 amide bonds. The van der Waals surface area contributed by atoms with Gasteiger partial charge in [0.15, 0.2) is 0 Å². The van der Waals surface area contributed by atoms with E-state index in [1.54, 1.807) is 0 Å². The third kappa shape index (κ3) is 0.842. The standard InChI is InChI=1S/C6H7N4O3/c1-10-5(12)9-4(11)3-6(10,13)8-2-7-3/h2,13H,1H3,(H,7,8)(H,9,11,12). The lowest BCUT2D eigenvalue weighted by atomic mass is 10.1. The molecule has 7 heteroatoms. The van der Waals surface area contributed by atoms with E-state index in [9.17, 15) is 14.7 Å². The highest BCUT2D eigenvalue weighted by Gasteiger charge is 2.55. The Labute approximate surface area is 73.4 Å². The maximum Gasteiger partial charge on any atom is 0.327 e. The molecule has 0 aliphatic carbocycles. The zero-order chi connectivity index (χ0) is 9.64. The number of hydrogen-bond donors (Lipinski definition) is 3. The summed E-state index contributed by atoms with van der Waals surface area (Å²) in [5, 5.41) is 14.2. The van der Waals surface area contributed by atoms with Crippen molar-refractivity contribution in [2.45, 2.75) is 5.85 Å². The molecule has 0 aromatic heterocycles. The first-order valence-electron chi connectivity index (χ1n) is 3.55. The molecule has 13 heavy (non-hydrogen) atoms. The van der Waals surface area contributed by atoms with Crippen molar-refractivity contribution >= 4 is 18.3 Å². The van der Waals surface area contributed by atoms with Crippen LogP contribution in [0.4, 0.5) is 4.79 Å². The fourth-order valence-electron chi connectivity index (χ4n) is 1.20. The van der Waals surface area contributed by atoms with Crippen LogP contribution in [0.25, 0.3) is 0 Å². The minimum Gasteiger partial charge on any atom is -0.351 e. The Hall–Kier alpha value is -1.63. The molecule has 1 unspecified atom stereocenters. The number of nitrogens with zero attached hydrogens (tertiary/aromatic N) is 2. The molecule has 2 rings (SSSR count). The van der Waals surface area contributed by atoms with Crippen molar-refractivity contribution < 1.29 is 14.7 Å². The number of nitrogens with one attached hydrogen (secondary N) is 2. The number of rotatable bonds is 0. The average Bonchev–Trinajstić information content (AvgIpc) is 2.45. The van der Waals surface area contributed by atoms with Crippen LogP contribution in [-0.2, 0) is 4.79 Å². The summed E-state index contributed by atoms with van der Waals surface area (Å²) >= 11 is 0. The van der Waals surface area contributed by atoms with Gasteiger partial charge in [0.2, 0.25) is 6.04 Å². The summed E-state index contributed by atoms with van der Waals surface area (Å²) in [6.45, 7) is 0. The number of fused-ring (bicyclic) bond motifs is 1. The summed E-state index contributed by atoms with van der Waals surface area (Å²) in [5.41, 5.74) is 0. The number of carbonyl (C=O) groups excluding carboxylic acids is 2. The van der Waals surface area contributed by atoms with E-state index in [-0.39, 0.29) is 6.04 Å². The molecule has 1 radical (unpaired) electrons. The SMILES string of the molecule is CN1C(=O)NC(=O)[C]2N=CNC21O. The molecule has 0 saturated carbocycles. The summed E-state index contributed by atoms with van der Waals surface area (Å²) < 4.78 is 0. The molecule has 7 nitrogen and oxygen atoms in total. The van der Waals surface area contributed by atoms with Gasteiger partial charge in [-0.2, -0.15) is 0 Å². The average molecular weight is 183 g/mol. The van der Waals surface area contributed by atoms with E-state index >= 15 is 0 Å². The van der Waals surface area contributed by atoms with Crippen LogP contribution in [0.2, 0.25) is 0 Å². The number of aliphatic imine (C=N–C) groups is 1. The van der Waals surface area contributed by atoms with Crippen molar-refractivity contribution in [3.05, 3.63) is 6.04 Å². The first-order valence-corrected chi connectivity index (χ1v) is 3.55. The molecule has 3 N–H and O–H groups in total. The monoisotopic (exact) mass is 183 g/mol. The van der Waals surface area contributed by atoms with Gasteiger partial charge < -0.3 is 10.4 Å². The van der Waals surface area contributed by atoms with Crippen LogP contribution in [0, 0.1) is 6.04 Å². The van der Waals surface area contributed by atoms with Crippen LogP contribution >= 0.6 is 0 Å². The molecule has 0 aromatic rings. The second kappa shape index (κ2) is 2.19. The van der Waals surface area contributed by atoms with Crippen molar-refractivity contribution in [3.63, 3.8) is 0 Å². The molecule has 0 spiro atoms. The summed E-state index contributed by atoms with van der Waals surface area (Å²) in [6.07, 6.45) is 1.17. The Balaban J connectivity index is 2.39. The van der Waals surface area contributed by atoms with Crippen molar-refractivity contribution in [3.8, 4) is 0 Å². The van der Waals surface area contributed by atoms with E-state index in [0.29, 0.717) is 0 Å². The Morgan fingerprint density at radius 1 is 1.62 bits per heavy atom. The molecular formula is C6H7N4O3. The van der Waals surface area contributed by atoms with E-state index in [1.165, 1.54) is 13.4 Å². The quantitative estimate of drug-likeness (QED) is 0.404. The molecule has 1 fully saturated rings. The van der Waals surface area contributed by atoms with Crippen molar-refractivity contribution in [1.29, 1.82) is 0 Å². The Morgan fingerprint density at radius 2 is 2.31 bits per heavy atom. The minimum absolute atomic E-state index is 0.130. The third-order valence-electron chi connectivity index (χ3n) is 2.02. The highest BCUT2D eigenvalue weighted by atomic mass is 16.3. The number of amides is 3. The molecule has 0 bridgehead atoms. The number of urea groups is 1. The lowest BCUT2D eigenvalue weighted by molar-refractivity contribution is -0.133. The highest BCUT2D eigenvalue weighted by Crippen LogP contribution is 2.28. The van der Waals surface area contributed by atoms with Crippen LogP contribution in [-0.4, -0.2) is 41.2 Å². The number of aliphatic hydroxyl groups is 1. The molecule has 2 aliphatic rings. The predicted molar refractivity (Wildman–Crippen MR) is 41.1 cm³/mol. The first kappa shape index (κ1) is 7.99. The van der Waals surface area contributed by atoms with Crippen molar-refractivity contribution in [2.24, 2.45) is 4.99 Å². The van der Waals surface area contributed by atoms with Gasteiger partial charge in [-0.05, 0) is 0 Å². The van der Waals surface area contributed by atoms with Gasteiger partial charge in [-0.25, -0.2) is 9.79 Å². The summed E-state index contributed by atoms with van der Waals surface area (Å²) in [7, 11) is 1.35. The maximum absolute atomic E-state index is 11.1. The molecule has 1 saturated heterocycles. The number of hydrogen-bond acceptors (Lipinski definition) is 5. The summed E-state index contributed by atoms with van der Waals surface area (Å²) in [6, 6.07) is -0.802. The third-order valence-corrected chi connectivity index (χ3v) is 2.02. The van der Waals surface area contributed by atoms with Gasteiger partial charge in [0.25, 0.3) is 11.8 Å². The lowest BCUT2D eigenvalue weighted by Crippen LogP contribution is -2.69. The van der Waals surface area contributed by atoms with E-state index < -0.39 is 17.8 Å². The van der Waals surface area contributed by atoms with Gasteiger partial charge in [0.05, 0.1) is 6.34 Å². The molecule has 2 heterocycles. The van der Waals surface area contributed by atoms with Crippen LogP contribution < -0.4 is 10.6 Å². The Bertz CT molecular complexity index is 315. The summed E-state index contributed by atoms with van der Waals surface area (Å²) in [5.74, 6) is -2.48. The lowest BCUT2D eigenvalue weighted by Gasteiger charge is -2.38. The van der Waals surface area contributed by atoms with Crippen LogP contribution in [0.1, 0.15) is 0 Å². The second-order valence-electron chi connectivity index (χ2n) is 2.74. The molecular weight excluding hydrogens is 176 g/mol. The predicted octanol–water partition coefficient (Wildman–Crippen LogP) is -2.02. The Morgan fingerprint density at radius 3 is 3.00 bits per heavy atom. The van der Waals surface area contributed by atoms with E-state index in [2.05, 4.69) is 10.3 Å². The largest absolute Gasteiger partial charge is 0.351 e. The van der Waals surface area contributed by atoms with Gasteiger partial charge in [-0.1, -0.05) is 0 Å². The van der Waals surface area contributed by atoms with E-state index in [4.69, 9.17) is 0 Å². The molecule has 69 valence electrons. The van der Waals surface area contributed by atoms with Gasteiger partial charge in [0, 0.05) is 7.05 Å². The highest BCUT2D eigenvalue weighted by molar-refractivity contribution is 6.07. The van der Waals surface area contributed by atoms with Crippen LogP contribution in [0.15, 0.2) is 4.99 Å². The molecule has 2 aliphatic heterocycles. The first-order chi connectivity index (χ1) is 6.05. The smallest absolute Gasteiger partial charge is 0.327 e. The molecule has 0 aromatic carbocycles. The maximum atomic E-state index is 11.1. The number of carbonyl (C=O) groups is 2. The fraction of sp³-hybridized carbons (Fsp3) is 0.333. The topological polar surface area (TPSA) is 94.0 Å². The van der Waals surface area contributed by atoms with Gasteiger partial charge >= 0.3 is 6.03 Å². The van der Waals surface area contributed by atoms with Crippen molar-refractivity contribution in [2.75, 3.05) is 7.05 Å². The number of imide groups is 1. The summed E-state index contributed by atoms with van der Waals surface area (Å²) in [4.78, 5) is 26.8. The van der Waals surface area contributed by atoms with Gasteiger partial charge in [-0.3, -0.25) is 15.0 Å². The number of likely N-dealkylation sites (N-methyl/N-ethyl adjacent to an activating group) is 1. The zero-order valence-corrected chi connectivity index (χ0v) is 6.74. The van der Waals surface area contributed by atoms with Gasteiger partial charge in [0.1, 0.15) is 0 Å². The van der Waals surface area contributed by atoms with E-state index in [0.717, 1.165) is 4.90 Å². The molecule has 1 atom stereocenters. The zero-order valence-electron chi connectivity index (χ0n) is 6.74. The van der Waals surface area contributed by atoms with Crippen molar-refractivity contribution in [1.82, 2.24) is 15.5 Å².